The molecule has 0 saturated carbocycles. The molecular formula is C12H16FNO2. The third-order valence-corrected chi connectivity index (χ3v) is 3.05. The van der Waals surface area contributed by atoms with Crippen LogP contribution in [0.25, 0.3) is 0 Å². The zero-order valence-electron chi connectivity index (χ0n) is 9.55. The topological polar surface area (TPSA) is 44.5 Å². The van der Waals surface area contributed by atoms with E-state index in [0.717, 1.165) is 17.5 Å². The third kappa shape index (κ3) is 1.73. The fourth-order valence-corrected chi connectivity index (χ4v) is 2.21. The van der Waals surface area contributed by atoms with Crippen molar-refractivity contribution in [1.82, 2.24) is 0 Å². The molecule has 1 atom stereocenters. The quantitative estimate of drug-likeness (QED) is 0.832. The molecule has 4 heteroatoms. The number of rotatable bonds is 2. The van der Waals surface area contributed by atoms with Gasteiger partial charge in [-0.3, -0.25) is 0 Å². The van der Waals surface area contributed by atoms with Crippen molar-refractivity contribution in [2.45, 2.75) is 25.3 Å². The predicted octanol–water partition coefficient (Wildman–Crippen LogP) is 1.66. The molecule has 0 aromatic heterocycles. The van der Waals surface area contributed by atoms with Crippen molar-refractivity contribution in [3.63, 3.8) is 0 Å². The number of halogens is 1. The van der Waals surface area contributed by atoms with E-state index in [1.54, 1.807) is 0 Å². The molecule has 0 bridgehead atoms. The Bertz CT molecular complexity index is 406. The van der Waals surface area contributed by atoms with Crippen LogP contribution in [0.5, 0.6) is 11.5 Å². The van der Waals surface area contributed by atoms with Gasteiger partial charge in [-0.05, 0) is 36.5 Å². The Hall–Kier alpha value is -1.29. The van der Waals surface area contributed by atoms with Gasteiger partial charge >= 0.3 is 0 Å². The molecule has 1 unspecified atom stereocenters. The van der Waals surface area contributed by atoms with Gasteiger partial charge in [0.1, 0.15) is 0 Å². The van der Waals surface area contributed by atoms with Gasteiger partial charge in [-0.1, -0.05) is 0 Å². The lowest BCUT2D eigenvalue weighted by molar-refractivity contribution is 0.333. The smallest absolute Gasteiger partial charge is 0.197 e. The molecule has 0 fully saturated rings. The van der Waals surface area contributed by atoms with E-state index in [1.807, 2.05) is 6.07 Å². The Balaban J connectivity index is 2.53. The first-order valence-electron chi connectivity index (χ1n) is 5.35. The Morgan fingerprint density at radius 1 is 1.38 bits per heavy atom. The number of fused-ring (bicyclic) bond motifs is 1. The number of methoxy groups -OCH3 is 2. The van der Waals surface area contributed by atoms with Crippen molar-refractivity contribution in [3.8, 4) is 11.5 Å². The van der Waals surface area contributed by atoms with E-state index < -0.39 is 0 Å². The molecule has 0 saturated heterocycles. The van der Waals surface area contributed by atoms with Crippen LogP contribution in [0.2, 0.25) is 0 Å². The van der Waals surface area contributed by atoms with E-state index in [2.05, 4.69) is 0 Å². The molecule has 0 amide bonds. The van der Waals surface area contributed by atoms with E-state index >= 15 is 0 Å². The average molecular weight is 225 g/mol. The molecule has 0 spiro atoms. The Morgan fingerprint density at radius 3 is 2.75 bits per heavy atom. The van der Waals surface area contributed by atoms with Gasteiger partial charge in [-0.15, -0.1) is 0 Å². The van der Waals surface area contributed by atoms with E-state index in [4.69, 9.17) is 15.2 Å². The zero-order valence-corrected chi connectivity index (χ0v) is 9.55. The van der Waals surface area contributed by atoms with Gasteiger partial charge in [0, 0.05) is 6.04 Å². The summed E-state index contributed by atoms with van der Waals surface area (Å²) < 4.78 is 24.2. The summed E-state index contributed by atoms with van der Waals surface area (Å²) in [6, 6.07) is 1.95. The van der Waals surface area contributed by atoms with Crippen LogP contribution in [0.1, 0.15) is 17.5 Å². The van der Waals surface area contributed by atoms with Gasteiger partial charge in [-0.2, -0.15) is 0 Å². The average Bonchev–Trinajstić information content (AvgIpc) is 2.28. The highest BCUT2D eigenvalue weighted by atomic mass is 19.1. The molecular weight excluding hydrogens is 209 g/mol. The first-order chi connectivity index (χ1) is 7.67. The normalized spacial score (nSPS) is 19.1. The highest BCUT2D eigenvalue weighted by molar-refractivity contribution is 5.50. The second-order valence-corrected chi connectivity index (χ2v) is 4.07. The molecule has 0 aliphatic heterocycles. The fraction of sp³-hybridized carbons (Fsp3) is 0.500. The highest BCUT2D eigenvalue weighted by Crippen LogP contribution is 2.37. The van der Waals surface area contributed by atoms with E-state index in [1.165, 1.54) is 14.2 Å². The minimum absolute atomic E-state index is 0.116. The van der Waals surface area contributed by atoms with Crippen LogP contribution in [-0.4, -0.2) is 20.3 Å². The van der Waals surface area contributed by atoms with Crippen molar-refractivity contribution in [2.24, 2.45) is 5.73 Å². The highest BCUT2D eigenvalue weighted by Gasteiger charge is 2.24. The van der Waals surface area contributed by atoms with Gasteiger partial charge in [0.2, 0.25) is 0 Å². The van der Waals surface area contributed by atoms with Gasteiger partial charge in [0.15, 0.2) is 17.3 Å². The summed E-state index contributed by atoms with van der Waals surface area (Å²) >= 11 is 0. The molecule has 0 radical (unpaired) electrons. The van der Waals surface area contributed by atoms with Crippen molar-refractivity contribution in [3.05, 3.63) is 23.0 Å². The summed E-state index contributed by atoms with van der Waals surface area (Å²) in [4.78, 5) is 0. The predicted molar refractivity (Wildman–Crippen MR) is 59.5 cm³/mol. The molecule has 16 heavy (non-hydrogen) atoms. The van der Waals surface area contributed by atoms with E-state index in [0.29, 0.717) is 18.6 Å². The lowest BCUT2D eigenvalue weighted by Gasteiger charge is -2.23. The molecule has 1 aliphatic carbocycles. The van der Waals surface area contributed by atoms with Crippen LogP contribution in [0.15, 0.2) is 6.07 Å². The maximum Gasteiger partial charge on any atom is 0.197 e. The molecule has 1 aromatic rings. The van der Waals surface area contributed by atoms with Crippen LogP contribution >= 0.6 is 0 Å². The summed E-state index contributed by atoms with van der Waals surface area (Å²) in [6.45, 7) is 0. The molecule has 2 rings (SSSR count). The van der Waals surface area contributed by atoms with Crippen molar-refractivity contribution < 1.29 is 13.9 Å². The first-order valence-corrected chi connectivity index (χ1v) is 5.35. The van der Waals surface area contributed by atoms with Gasteiger partial charge in [-0.25, -0.2) is 4.39 Å². The maximum atomic E-state index is 14.1. The monoisotopic (exact) mass is 225 g/mol. The number of hydrogen-bond donors (Lipinski definition) is 1. The van der Waals surface area contributed by atoms with Crippen LogP contribution in [0, 0.1) is 5.82 Å². The number of ether oxygens (including phenoxy) is 2. The van der Waals surface area contributed by atoms with Crippen molar-refractivity contribution in [2.75, 3.05) is 14.2 Å². The molecule has 2 N–H and O–H groups in total. The molecule has 0 heterocycles. The van der Waals surface area contributed by atoms with Crippen molar-refractivity contribution in [1.29, 1.82) is 0 Å². The van der Waals surface area contributed by atoms with Crippen LogP contribution in [0.4, 0.5) is 4.39 Å². The second-order valence-electron chi connectivity index (χ2n) is 4.07. The zero-order chi connectivity index (χ0) is 11.7. The van der Waals surface area contributed by atoms with Gasteiger partial charge in [0.05, 0.1) is 14.2 Å². The lowest BCUT2D eigenvalue weighted by atomic mass is 9.88. The molecule has 1 aromatic carbocycles. The Kier molecular flexibility index (Phi) is 3.01. The van der Waals surface area contributed by atoms with Crippen LogP contribution in [-0.2, 0) is 12.8 Å². The van der Waals surface area contributed by atoms with Crippen molar-refractivity contribution >= 4 is 0 Å². The number of hydrogen-bond acceptors (Lipinski definition) is 3. The summed E-state index contributed by atoms with van der Waals surface area (Å²) in [7, 11) is 2.95. The molecule has 88 valence electrons. The van der Waals surface area contributed by atoms with Gasteiger partial charge in [0.25, 0.3) is 0 Å². The largest absolute Gasteiger partial charge is 0.493 e. The lowest BCUT2D eigenvalue weighted by Crippen LogP contribution is -2.28. The number of benzene rings is 1. The third-order valence-electron chi connectivity index (χ3n) is 3.05. The summed E-state index contributed by atoms with van der Waals surface area (Å²) in [5, 5.41) is 0. The molecule has 3 nitrogen and oxygen atoms in total. The SMILES string of the molecule is COc1cc2c(c(F)c1OC)CCC(N)C2. The Labute approximate surface area is 94.3 Å². The standard InChI is InChI=1S/C12H16FNO2/c1-15-10-6-7-5-8(14)3-4-9(7)11(13)12(10)16-2/h6,8H,3-5,14H2,1-2H3. The van der Waals surface area contributed by atoms with Crippen LogP contribution < -0.4 is 15.2 Å². The second kappa shape index (κ2) is 4.29. The molecule has 1 aliphatic rings. The fourth-order valence-electron chi connectivity index (χ4n) is 2.21. The Morgan fingerprint density at radius 2 is 2.12 bits per heavy atom. The first kappa shape index (κ1) is 11.2. The summed E-state index contributed by atoms with van der Waals surface area (Å²) in [6.07, 6.45) is 2.19. The minimum Gasteiger partial charge on any atom is -0.493 e. The number of nitrogens with two attached hydrogens (primary N) is 1. The van der Waals surface area contributed by atoms with Crippen LogP contribution in [0.3, 0.4) is 0 Å². The minimum atomic E-state index is -0.302. The van der Waals surface area contributed by atoms with Gasteiger partial charge < -0.3 is 15.2 Å². The summed E-state index contributed by atoms with van der Waals surface area (Å²) in [5.74, 6) is 0.327. The van der Waals surface area contributed by atoms with E-state index in [9.17, 15) is 4.39 Å². The summed E-state index contributed by atoms with van der Waals surface area (Å²) in [5.41, 5.74) is 7.53. The van der Waals surface area contributed by atoms with E-state index in [-0.39, 0.29) is 17.6 Å². The maximum absolute atomic E-state index is 14.1.